The minimum absolute atomic E-state index is 0.0922. The van der Waals surface area contributed by atoms with E-state index < -0.39 is 23.0 Å². The summed E-state index contributed by atoms with van der Waals surface area (Å²) in [6.07, 6.45) is -1.31. The Kier molecular flexibility index (Phi) is 3.14. The summed E-state index contributed by atoms with van der Waals surface area (Å²) >= 11 is 0. The van der Waals surface area contributed by atoms with Crippen molar-refractivity contribution in [2.45, 2.75) is 38.6 Å². The van der Waals surface area contributed by atoms with Crippen molar-refractivity contribution >= 4 is 29.3 Å². The molecule has 1 aromatic rings. The standard InChI is InChI=1S/C16H19N3O4/c1-15(2,3)12(19-14(22)23)16-7-10(20)17-8-5-4-6-9(11(8)16)18-13(16)21/h4-6,12,19H,7H2,1-3H3,(H,17,20)(H,18,21)(H,22,23). The molecule has 0 aliphatic carbocycles. The second-order valence-corrected chi connectivity index (χ2v) is 7.13. The van der Waals surface area contributed by atoms with Gasteiger partial charge in [0.25, 0.3) is 0 Å². The van der Waals surface area contributed by atoms with Crippen LogP contribution in [0.25, 0.3) is 0 Å². The lowest BCUT2D eigenvalue weighted by Gasteiger charge is -2.45. The lowest BCUT2D eigenvalue weighted by atomic mass is 9.62. The summed E-state index contributed by atoms with van der Waals surface area (Å²) in [6.45, 7) is 5.55. The molecular formula is C16H19N3O4. The van der Waals surface area contributed by atoms with Gasteiger partial charge in [-0.05, 0) is 17.5 Å². The summed E-state index contributed by atoms with van der Waals surface area (Å²) in [4.78, 5) is 36.4. The molecule has 1 aromatic carbocycles. The van der Waals surface area contributed by atoms with Crippen molar-refractivity contribution in [1.29, 1.82) is 0 Å². The van der Waals surface area contributed by atoms with E-state index in [9.17, 15) is 19.5 Å². The van der Waals surface area contributed by atoms with Crippen LogP contribution in [0.2, 0.25) is 0 Å². The smallest absolute Gasteiger partial charge is 0.404 e. The van der Waals surface area contributed by atoms with E-state index in [2.05, 4.69) is 16.0 Å². The largest absolute Gasteiger partial charge is 0.465 e. The first kappa shape index (κ1) is 15.3. The van der Waals surface area contributed by atoms with Crippen molar-refractivity contribution in [1.82, 2.24) is 5.32 Å². The van der Waals surface area contributed by atoms with Crippen molar-refractivity contribution in [3.63, 3.8) is 0 Å². The fraction of sp³-hybridized carbons (Fsp3) is 0.438. The second kappa shape index (κ2) is 4.71. The molecule has 0 bridgehead atoms. The molecule has 122 valence electrons. The van der Waals surface area contributed by atoms with Crippen LogP contribution in [-0.2, 0) is 15.0 Å². The third-order valence-corrected chi connectivity index (χ3v) is 4.50. The van der Waals surface area contributed by atoms with Gasteiger partial charge < -0.3 is 21.1 Å². The molecule has 7 nitrogen and oxygen atoms in total. The Hall–Kier alpha value is -2.57. The molecule has 0 spiro atoms. The van der Waals surface area contributed by atoms with Crippen molar-refractivity contribution < 1.29 is 19.5 Å². The van der Waals surface area contributed by atoms with Gasteiger partial charge in [0.2, 0.25) is 11.8 Å². The molecule has 2 atom stereocenters. The van der Waals surface area contributed by atoms with E-state index in [0.29, 0.717) is 16.9 Å². The van der Waals surface area contributed by atoms with Gasteiger partial charge in [-0.15, -0.1) is 0 Å². The molecule has 7 heteroatoms. The van der Waals surface area contributed by atoms with Crippen LogP contribution in [0.1, 0.15) is 32.8 Å². The zero-order valence-electron chi connectivity index (χ0n) is 13.2. The fourth-order valence-corrected chi connectivity index (χ4v) is 3.78. The number of amides is 3. The van der Waals surface area contributed by atoms with Crippen molar-refractivity contribution in [3.05, 3.63) is 23.8 Å². The van der Waals surface area contributed by atoms with Crippen LogP contribution in [0.15, 0.2) is 18.2 Å². The molecule has 0 saturated heterocycles. The fourth-order valence-electron chi connectivity index (χ4n) is 3.78. The molecule has 3 rings (SSSR count). The van der Waals surface area contributed by atoms with E-state index in [-0.39, 0.29) is 18.2 Å². The zero-order valence-corrected chi connectivity index (χ0v) is 13.2. The highest BCUT2D eigenvalue weighted by Crippen LogP contribution is 2.52. The maximum absolute atomic E-state index is 12.9. The minimum atomic E-state index is -1.25. The molecule has 4 N–H and O–H groups in total. The molecule has 0 radical (unpaired) electrons. The summed E-state index contributed by atoms with van der Waals surface area (Å²) < 4.78 is 0. The summed E-state index contributed by atoms with van der Waals surface area (Å²) in [5.74, 6) is -0.642. The molecule has 2 aliphatic rings. The normalized spacial score (nSPS) is 23.6. The number of anilines is 2. The Morgan fingerprint density at radius 3 is 2.43 bits per heavy atom. The van der Waals surface area contributed by atoms with Gasteiger partial charge in [-0.1, -0.05) is 26.8 Å². The Morgan fingerprint density at radius 2 is 1.87 bits per heavy atom. The SMILES string of the molecule is CC(C)(C)C(NC(=O)O)C12CC(=O)Nc3cccc(c31)NC2=O. The van der Waals surface area contributed by atoms with Crippen LogP contribution in [0.5, 0.6) is 0 Å². The highest BCUT2D eigenvalue weighted by Gasteiger charge is 2.60. The van der Waals surface area contributed by atoms with Crippen LogP contribution < -0.4 is 16.0 Å². The van der Waals surface area contributed by atoms with Gasteiger partial charge in [0.1, 0.15) is 5.41 Å². The Balaban J connectivity index is 2.27. The highest BCUT2D eigenvalue weighted by atomic mass is 16.4. The van der Waals surface area contributed by atoms with Crippen LogP contribution >= 0.6 is 0 Å². The second-order valence-electron chi connectivity index (χ2n) is 7.13. The predicted molar refractivity (Wildman–Crippen MR) is 84.4 cm³/mol. The average molecular weight is 317 g/mol. The van der Waals surface area contributed by atoms with Crippen molar-refractivity contribution in [2.75, 3.05) is 10.6 Å². The van der Waals surface area contributed by atoms with Gasteiger partial charge in [-0.25, -0.2) is 4.79 Å². The number of nitrogens with one attached hydrogen (secondary N) is 3. The molecule has 2 unspecified atom stereocenters. The van der Waals surface area contributed by atoms with Gasteiger partial charge in [-0.2, -0.15) is 0 Å². The zero-order chi connectivity index (χ0) is 17.0. The van der Waals surface area contributed by atoms with Crippen LogP contribution in [0.3, 0.4) is 0 Å². The molecule has 0 saturated carbocycles. The summed E-state index contributed by atoms with van der Waals surface area (Å²) in [5.41, 5.74) is 0.0261. The van der Waals surface area contributed by atoms with Crippen LogP contribution in [0.4, 0.5) is 16.2 Å². The van der Waals surface area contributed by atoms with Gasteiger partial charge in [0.05, 0.1) is 6.04 Å². The van der Waals surface area contributed by atoms with E-state index in [1.807, 2.05) is 20.8 Å². The summed E-state index contributed by atoms with van der Waals surface area (Å²) in [7, 11) is 0. The van der Waals surface area contributed by atoms with Gasteiger partial charge >= 0.3 is 6.09 Å². The molecule has 2 aliphatic heterocycles. The summed E-state index contributed by atoms with van der Waals surface area (Å²) in [5, 5.41) is 17.3. The maximum atomic E-state index is 12.9. The third-order valence-electron chi connectivity index (χ3n) is 4.50. The Bertz CT molecular complexity index is 723. The molecular weight excluding hydrogens is 298 g/mol. The van der Waals surface area contributed by atoms with E-state index in [0.717, 1.165) is 0 Å². The first-order valence-corrected chi connectivity index (χ1v) is 7.40. The number of rotatable bonds is 2. The molecule has 0 fully saturated rings. The number of hydrogen-bond acceptors (Lipinski definition) is 3. The Labute approximate surface area is 133 Å². The van der Waals surface area contributed by atoms with E-state index in [1.165, 1.54) is 0 Å². The number of carbonyl (C=O) groups excluding carboxylic acids is 2. The summed E-state index contributed by atoms with van der Waals surface area (Å²) in [6, 6.07) is 4.48. The van der Waals surface area contributed by atoms with E-state index >= 15 is 0 Å². The van der Waals surface area contributed by atoms with E-state index in [4.69, 9.17) is 0 Å². The number of carboxylic acid groups (broad SMARTS) is 1. The lowest BCUT2D eigenvalue weighted by Crippen LogP contribution is -2.62. The molecule has 0 aromatic heterocycles. The molecule has 2 heterocycles. The highest BCUT2D eigenvalue weighted by molar-refractivity contribution is 6.15. The maximum Gasteiger partial charge on any atom is 0.404 e. The van der Waals surface area contributed by atoms with Crippen LogP contribution in [-0.4, -0.2) is 29.1 Å². The topological polar surface area (TPSA) is 108 Å². The molecule has 23 heavy (non-hydrogen) atoms. The van der Waals surface area contributed by atoms with Gasteiger partial charge in [0.15, 0.2) is 0 Å². The lowest BCUT2D eigenvalue weighted by molar-refractivity contribution is -0.128. The number of benzene rings is 1. The predicted octanol–water partition coefficient (Wildman–Crippen LogP) is 1.90. The van der Waals surface area contributed by atoms with E-state index in [1.54, 1.807) is 18.2 Å². The van der Waals surface area contributed by atoms with Gasteiger partial charge in [0, 0.05) is 23.4 Å². The number of carbonyl (C=O) groups is 3. The first-order valence-electron chi connectivity index (χ1n) is 7.40. The number of hydrogen-bond donors (Lipinski definition) is 4. The quantitative estimate of drug-likeness (QED) is 0.668. The molecule has 3 amide bonds. The van der Waals surface area contributed by atoms with Crippen LogP contribution in [0, 0.1) is 5.41 Å². The average Bonchev–Trinajstić information content (AvgIpc) is 2.69. The Morgan fingerprint density at radius 1 is 1.26 bits per heavy atom. The third kappa shape index (κ3) is 2.15. The first-order chi connectivity index (χ1) is 10.7. The van der Waals surface area contributed by atoms with Crippen molar-refractivity contribution in [2.24, 2.45) is 5.41 Å². The van der Waals surface area contributed by atoms with Gasteiger partial charge in [-0.3, -0.25) is 9.59 Å². The monoisotopic (exact) mass is 317 g/mol. The van der Waals surface area contributed by atoms with Crippen molar-refractivity contribution in [3.8, 4) is 0 Å². The minimum Gasteiger partial charge on any atom is -0.465 e.